The fourth-order valence-corrected chi connectivity index (χ4v) is 2.71. The van der Waals surface area contributed by atoms with Gasteiger partial charge in [-0.3, -0.25) is 0 Å². The summed E-state index contributed by atoms with van der Waals surface area (Å²) in [4.78, 5) is 7.32. The lowest BCUT2D eigenvalue weighted by molar-refractivity contribution is -0.282. The van der Waals surface area contributed by atoms with Gasteiger partial charge in [-0.15, -0.1) is 0 Å². The van der Waals surface area contributed by atoms with Crippen LogP contribution in [0.5, 0.6) is 0 Å². The highest BCUT2D eigenvalue weighted by Crippen LogP contribution is 2.20. The van der Waals surface area contributed by atoms with Crippen LogP contribution in [0.3, 0.4) is 0 Å². The Hall–Kier alpha value is -1.94. The smallest absolute Gasteiger partial charge is 0.154 e. The molecule has 2 rings (SSSR count). The van der Waals surface area contributed by atoms with Crippen LogP contribution in [0.1, 0.15) is 11.1 Å². The highest BCUT2D eigenvalue weighted by atomic mass is 19.3. The van der Waals surface area contributed by atoms with Gasteiger partial charge in [0, 0.05) is 0 Å². The third kappa shape index (κ3) is 6.90. The summed E-state index contributed by atoms with van der Waals surface area (Å²) >= 11 is 0. The highest BCUT2D eigenvalue weighted by Gasteiger charge is 2.38. The number of aliphatic hydroxyl groups is 2. The van der Waals surface area contributed by atoms with E-state index in [2.05, 4.69) is 9.88 Å². The predicted molar refractivity (Wildman–Crippen MR) is 96.2 cm³/mol. The number of hydrogen-bond donors (Lipinski definition) is 2. The Kier molecular flexibility index (Phi) is 9.98. The van der Waals surface area contributed by atoms with Gasteiger partial charge in [0.15, 0.2) is 6.10 Å². The molecule has 0 unspecified atom stereocenters. The van der Waals surface area contributed by atoms with Crippen LogP contribution in [0.25, 0.3) is 0 Å². The molecule has 0 aliphatic rings. The van der Waals surface area contributed by atoms with E-state index in [0.29, 0.717) is 0 Å². The van der Waals surface area contributed by atoms with E-state index in [1.54, 1.807) is 36.4 Å². The fraction of sp³-hybridized carbons (Fsp3) is 0.400. The molecule has 0 amide bonds. The normalized spacial score (nSPS) is 15.7. The van der Waals surface area contributed by atoms with E-state index >= 15 is 0 Å². The van der Waals surface area contributed by atoms with Gasteiger partial charge in [-0.05, 0) is 20.2 Å². The molecule has 154 valence electrons. The monoisotopic (exact) mass is 398 g/mol. The maximum Gasteiger partial charge on any atom is 0.154 e. The molecule has 0 saturated heterocycles. The van der Waals surface area contributed by atoms with E-state index in [4.69, 9.17) is 9.47 Å². The summed E-state index contributed by atoms with van der Waals surface area (Å²) in [5, 5.41) is 19.6. The number of benzene rings is 2. The number of ether oxygens (including phenoxy) is 2. The minimum absolute atomic E-state index is 0.0288. The summed E-state index contributed by atoms with van der Waals surface area (Å²) in [7, 11) is 0. The summed E-state index contributed by atoms with van der Waals surface area (Å²) < 4.78 is 36.9. The molecule has 2 N–H and O–H groups in total. The first kappa shape index (κ1) is 22.4. The third-order valence-electron chi connectivity index (χ3n) is 4.17. The van der Waals surface area contributed by atoms with Crippen LogP contribution in [0, 0.1) is 0 Å². The Bertz CT molecular complexity index is 646. The Morgan fingerprint density at radius 1 is 0.786 bits per heavy atom. The zero-order valence-corrected chi connectivity index (χ0v) is 15.2. The molecule has 28 heavy (non-hydrogen) atoms. The molecule has 0 spiro atoms. The first-order valence-corrected chi connectivity index (χ1v) is 8.80. The van der Waals surface area contributed by atoms with Crippen molar-refractivity contribution in [1.82, 2.24) is 0 Å². The van der Waals surface area contributed by atoms with Crippen molar-refractivity contribution in [1.29, 1.82) is 0 Å². The molecule has 8 heteroatoms. The van der Waals surface area contributed by atoms with E-state index in [-0.39, 0.29) is 13.2 Å². The molecule has 2 aromatic carbocycles. The Labute approximate surface area is 162 Å². The Morgan fingerprint density at radius 2 is 1.29 bits per heavy atom. The highest BCUT2D eigenvalue weighted by molar-refractivity contribution is 5.14. The van der Waals surface area contributed by atoms with Crippen LogP contribution in [-0.4, -0.2) is 47.8 Å². The maximum absolute atomic E-state index is 13.1. The van der Waals surface area contributed by atoms with Gasteiger partial charge in [0.05, 0.1) is 19.8 Å². The van der Waals surface area contributed by atoms with E-state index in [0.717, 1.165) is 11.1 Å². The fourth-order valence-electron chi connectivity index (χ4n) is 2.71. The Morgan fingerprint density at radius 3 is 1.71 bits per heavy atom. The minimum atomic E-state index is -1.52. The summed E-state index contributed by atoms with van der Waals surface area (Å²) in [5.74, 6) is 0. The average molecular weight is 398 g/mol. The van der Waals surface area contributed by atoms with Crippen LogP contribution in [-0.2, 0) is 32.6 Å². The lowest BCUT2D eigenvalue weighted by Crippen LogP contribution is -2.50. The second-order valence-corrected chi connectivity index (χ2v) is 6.18. The van der Waals surface area contributed by atoms with Crippen molar-refractivity contribution in [2.45, 2.75) is 37.6 Å². The molecule has 4 atom stereocenters. The lowest BCUT2D eigenvalue weighted by Gasteiger charge is -2.33. The lowest BCUT2D eigenvalue weighted by atomic mass is 10.0. The predicted octanol–water partition coefficient (Wildman–Crippen LogP) is 2.68. The van der Waals surface area contributed by atoms with Gasteiger partial charge in [0.25, 0.3) is 0 Å². The first-order chi connectivity index (χ1) is 13.7. The molecule has 0 saturated carbocycles. The minimum Gasteiger partial charge on any atom is -0.394 e. The zero-order chi connectivity index (χ0) is 20.2. The molecular weight excluding hydrogens is 374 g/mol. The standard InChI is InChI=1S/C20H24F2O6/c21-27-14-18(28-22)20(26-13-16-9-5-2-6-10-16)19(17(24)11-23)25-12-15-7-3-1-4-8-15/h1-10,17-20,23-24H,11-14H2/t17-,18+,19-,20-/m1/s1. The quantitative estimate of drug-likeness (QED) is 0.540. The average Bonchev–Trinajstić information content (AvgIpc) is 2.75. The number of hydrogen-bond acceptors (Lipinski definition) is 6. The molecule has 0 radical (unpaired) electrons. The number of halogens is 2. The summed E-state index contributed by atoms with van der Waals surface area (Å²) in [6.45, 7) is -1.36. The molecule has 6 nitrogen and oxygen atoms in total. The molecule has 0 heterocycles. The topological polar surface area (TPSA) is 77.4 Å². The van der Waals surface area contributed by atoms with Crippen LogP contribution in [0.4, 0.5) is 9.05 Å². The maximum atomic E-state index is 13.1. The van der Waals surface area contributed by atoms with E-state index < -0.39 is 37.6 Å². The van der Waals surface area contributed by atoms with Crippen molar-refractivity contribution < 1.29 is 38.6 Å². The van der Waals surface area contributed by atoms with Crippen molar-refractivity contribution in [3.8, 4) is 0 Å². The number of aliphatic hydroxyl groups excluding tert-OH is 2. The molecule has 2 aromatic rings. The van der Waals surface area contributed by atoms with Gasteiger partial charge < -0.3 is 19.7 Å². The largest absolute Gasteiger partial charge is 0.394 e. The molecule has 0 bridgehead atoms. The first-order valence-electron chi connectivity index (χ1n) is 8.80. The van der Waals surface area contributed by atoms with E-state index in [9.17, 15) is 19.3 Å². The van der Waals surface area contributed by atoms with Crippen LogP contribution < -0.4 is 0 Å². The van der Waals surface area contributed by atoms with Crippen molar-refractivity contribution >= 4 is 0 Å². The van der Waals surface area contributed by atoms with Gasteiger partial charge in [-0.2, -0.15) is 9.88 Å². The van der Waals surface area contributed by atoms with Gasteiger partial charge in [-0.1, -0.05) is 60.7 Å². The molecule has 0 aliphatic carbocycles. The van der Waals surface area contributed by atoms with E-state index in [1.807, 2.05) is 24.3 Å². The molecular formula is C20H24F2O6. The summed E-state index contributed by atoms with van der Waals surface area (Å²) in [6.07, 6.45) is -5.39. The molecule has 0 aromatic heterocycles. The summed E-state index contributed by atoms with van der Waals surface area (Å²) in [6, 6.07) is 18.1. The van der Waals surface area contributed by atoms with Crippen LogP contribution in [0.2, 0.25) is 0 Å². The van der Waals surface area contributed by atoms with Crippen molar-refractivity contribution in [3.05, 3.63) is 71.8 Å². The SMILES string of the molecule is OC[C@@H](O)[C@@H](OCc1ccccc1)[C@H](OCc1ccccc1)[C@H](COF)OF. The second-order valence-electron chi connectivity index (χ2n) is 6.18. The van der Waals surface area contributed by atoms with Crippen molar-refractivity contribution in [3.63, 3.8) is 0 Å². The Balaban J connectivity index is 2.17. The third-order valence-corrected chi connectivity index (χ3v) is 4.17. The number of rotatable bonds is 13. The summed E-state index contributed by atoms with van der Waals surface area (Å²) in [5.41, 5.74) is 1.56. The van der Waals surface area contributed by atoms with Crippen LogP contribution in [0.15, 0.2) is 60.7 Å². The molecule has 0 fully saturated rings. The molecule has 0 aliphatic heterocycles. The van der Waals surface area contributed by atoms with Gasteiger partial charge >= 0.3 is 0 Å². The van der Waals surface area contributed by atoms with Gasteiger partial charge in [0.1, 0.15) is 24.9 Å². The zero-order valence-electron chi connectivity index (χ0n) is 15.2. The van der Waals surface area contributed by atoms with Crippen molar-refractivity contribution in [2.75, 3.05) is 13.2 Å². The van der Waals surface area contributed by atoms with Gasteiger partial charge in [0.2, 0.25) is 0 Å². The van der Waals surface area contributed by atoms with Gasteiger partial charge in [-0.25, -0.2) is 0 Å². The van der Waals surface area contributed by atoms with Crippen molar-refractivity contribution in [2.24, 2.45) is 0 Å². The van der Waals surface area contributed by atoms with Crippen LogP contribution >= 0.6 is 0 Å². The van der Waals surface area contributed by atoms with E-state index in [1.165, 1.54) is 0 Å². The second kappa shape index (κ2) is 12.5.